The molecule has 0 spiro atoms. The molecule has 19 heavy (non-hydrogen) atoms. The van der Waals surface area contributed by atoms with Gasteiger partial charge in [-0.2, -0.15) is 13.2 Å². The van der Waals surface area contributed by atoms with Crippen LogP contribution in [0.15, 0.2) is 18.2 Å². The zero-order valence-corrected chi connectivity index (χ0v) is 11.2. The van der Waals surface area contributed by atoms with Gasteiger partial charge in [0.2, 0.25) is 0 Å². The molecule has 2 rings (SSSR count). The van der Waals surface area contributed by atoms with Crippen LogP contribution in [0.1, 0.15) is 30.0 Å². The Morgan fingerprint density at radius 2 is 2.16 bits per heavy atom. The SMILES string of the molecule is N[C@H]1CCCc2ccc(OCCSC(F)(F)F)cc21. The van der Waals surface area contributed by atoms with Gasteiger partial charge in [-0.1, -0.05) is 6.07 Å². The molecule has 0 heterocycles. The molecule has 0 fully saturated rings. The average molecular weight is 291 g/mol. The van der Waals surface area contributed by atoms with Crippen molar-refractivity contribution in [1.29, 1.82) is 0 Å². The summed E-state index contributed by atoms with van der Waals surface area (Å²) in [5, 5.41) is 0. The van der Waals surface area contributed by atoms with Crippen LogP contribution in [-0.2, 0) is 6.42 Å². The quantitative estimate of drug-likeness (QED) is 0.860. The number of alkyl halides is 3. The predicted octanol–water partition coefficient (Wildman–Crippen LogP) is 3.65. The summed E-state index contributed by atoms with van der Waals surface area (Å²) in [5.74, 6) is 0.492. The normalized spacial score (nSPS) is 19.1. The third kappa shape index (κ3) is 4.31. The van der Waals surface area contributed by atoms with Crippen molar-refractivity contribution in [3.8, 4) is 5.75 Å². The number of fused-ring (bicyclic) bond motifs is 1. The highest BCUT2D eigenvalue weighted by molar-refractivity contribution is 8.00. The third-order valence-electron chi connectivity index (χ3n) is 3.10. The zero-order valence-electron chi connectivity index (χ0n) is 10.4. The van der Waals surface area contributed by atoms with Crippen molar-refractivity contribution in [1.82, 2.24) is 0 Å². The molecule has 0 unspecified atom stereocenters. The fraction of sp³-hybridized carbons (Fsp3) is 0.538. The Kier molecular flexibility index (Phi) is 4.62. The Bertz CT molecular complexity index is 436. The van der Waals surface area contributed by atoms with E-state index in [1.807, 2.05) is 12.1 Å². The third-order valence-corrected chi connectivity index (χ3v) is 3.79. The maximum absolute atomic E-state index is 11.9. The summed E-state index contributed by atoms with van der Waals surface area (Å²) in [5.41, 5.74) is 4.11. The molecule has 0 radical (unpaired) electrons. The molecule has 0 aliphatic heterocycles. The van der Waals surface area contributed by atoms with Crippen molar-refractivity contribution in [3.05, 3.63) is 29.3 Å². The van der Waals surface area contributed by atoms with Crippen molar-refractivity contribution >= 4 is 11.8 Å². The van der Waals surface area contributed by atoms with Gasteiger partial charge in [-0.05, 0) is 54.3 Å². The van der Waals surface area contributed by atoms with Crippen molar-refractivity contribution in [3.63, 3.8) is 0 Å². The van der Waals surface area contributed by atoms with Crippen molar-refractivity contribution in [2.45, 2.75) is 30.8 Å². The fourth-order valence-electron chi connectivity index (χ4n) is 2.22. The van der Waals surface area contributed by atoms with Gasteiger partial charge < -0.3 is 10.5 Å². The van der Waals surface area contributed by atoms with Gasteiger partial charge >= 0.3 is 5.51 Å². The van der Waals surface area contributed by atoms with Crippen LogP contribution in [0.2, 0.25) is 0 Å². The summed E-state index contributed by atoms with van der Waals surface area (Å²) in [4.78, 5) is 0. The molecule has 2 nitrogen and oxygen atoms in total. The van der Waals surface area contributed by atoms with Crippen molar-refractivity contribution in [2.75, 3.05) is 12.4 Å². The van der Waals surface area contributed by atoms with Gasteiger partial charge in [0.1, 0.15) is 5.75 Å². The first-order chi connectivity index (χ1) is 8.96. The number of hydrogen-bond donors (Lipinski definition) is 1. The number of aryl methyl sites for hydroxylation is 1. The van der Waals surface area contributed by atoms with E-state index in [0.29, 0.717) is 5.75 Å². The summed E-state index contributed by atoms with van der Waals surface area (Å²) in [6.45, 7) is 0.0399. The number of nitrogens with two attached hydrogens (primary N) is 1. The number of ether oxygens (including phenoxy) is 1. The Labute approximate surface area is 114 Å². The first-order valence-corrected chi connectivity index (χ1v) is 7.16. The summed E-state index contributed by atoms with van der Waals surface area (Å²) in [6, 6.07) is 5.63. The van der Waals surface area contributed by atoms with Gasteiger partial charge in [-0.3, -0.25) is 0 Å². The maximum Gasteiger partial charge on any atom is 0.441 e. The Balaban J connectivity index is 1.89. The molecule has 1 aliphatic carbocycles. The van der Waals surface area contributed by atoms with Gasteiger partial charge in [-0.15, -0.1) is 0 Å². The first-order valence-electron chi connectivity index (χ1n) is 6.17. The lowest BCUT2D eigenvalue weighted by Crippen LogP contribution is -2.17. The minimum absolute atomic E-state index is 0.0110. The van der Waals surface area contributed by atoms with Crippen LogP contribution in [-0.4, -0.2) is 17.9 Å². The highest BCUT2D eigenvalue weighted by Crippen LogP contribution is 2.32. The summed E-state index contributed by atoms with van der Waals surface area (Å²) >= 11 is -0.0675. The minimum atomic E-state index is -4.19. The van der Waals surface area contributed by atoms with E-state index in [0.717, 1.165) is 24.8 Å². The standard InChI is InChI=1S/C13H16F3NOS/c14-13(15,16)19-7-6-18-10-5-4-9-2-1-3-12(17)11(9)8-10/h4-5,8,12H,1-3,6-7,17H2/t12-/m0/s1. The molecule has 106 valence electrons. The lowest BCUT2D eigenvalue weighted by molar-refractivity contribution is -0.0329. The number of hydrogen-bond acceptors (Lipinski definition) is 3. The Morgan fingerprint density at radius 1 is 1.37 bits per heavy atom. The smallest absolute Gasteiger partial charge is 0.441 e. The monoisotopic (exact) mass is 291 g/mol. The minimum Gasteiger partial charge on any atom is -0.493 e. The van der Waals surface area contributed by atoms with Crippen LogP contribution in [0.5, 0.6) is 5.75 Å². The molecule has 1 aliphatic rings. The van der Waals surface area contributed by atoms with Crippen LogP contribution >= 0.6 is 11.8 Å². The second-order valence-corrected chi connectivity index (χ2v) is 5.66. The molecule has 6 heteroatoms. The van der Waals surface area contributed by atoms with E-state index in [-0.39, 0.29) is 30.2 Å². The van der Waals surface area contributed by atoms with Gasteiger partial charge in [-0.25, -0.2) is 0 Å². The molecule has 2 N–H and O–H groups in total. The highest BCUT2D eigenvalue weighted by Gasteiger charge is 2.27. The largest absolute Gasteiger partial charge is 0.493 e. The molecule has 0 saturated heterocycles. The first kappa shape index (κ1) is 14.5. The Morgan fingerprint density at radius 3 is 2.89 bits per heavy atom. The topological polar surface area (TPSA) is 35.2 Å². The summed E-state index contributed by atoms with van der Waals surface area (Å²) < 4.78 is 41.2. The van der Waals surface area contributed by atoms with E-state index >= 15 is 0 Å². The van der Waals surface area contributed by atoms with Crippen molar-refractivity contribution in [2.24, 2.45) is 5.73 Å². The van der Waals surface area contributed by atoms with Crippen molar-refractivity contribution < 1.29 is 17.9 Å². The molecular formula is C13H16F3NOS. The second-order valence-electron chi connectivity index (χ2n) is 4.50. The number of thioether (sulfide) groups is 1. The number of halogens is 3. The maximum atomic E-state index is 11.9. The predicted molar refractivity (Wildman–Crippen MR) is 70.3 cm³/mol. The molecule has 0 saturated carbocycles. The number of benzene rings is 1. The van der Waals surface area contributed by atoms with E-state index in [1.54, 1.807) is 6.07 Å². The lowest BCUT2D eigenvalue weighted by Gasteiger charge is -2.22. The second kappa shape index (κ2) is 6.05. The zero-order chi connectivity index (χ0) is 13.9. The number of rotatable bonds is 4. The summed E-state index contributed by atoms with van der Waals surface area (Å²) in [6.07, 6.45) is 3.03. The van der Waals surface area contributed by atoms with E-state index in [9.17, 15) is 13.2 Å². The molecule has 1 atom stereocenters. The van der Waals surface area contributed by atoms with Gasteiger partial charge in [0.25, 0.3) is 0 Å². The van der Waals surface area contributed by atoms with Crippen LogP contribution in [0.3, 0.4) is 0 Å². The van der Waals surface area contributed by atoms with Gasteiger partial charge in [0.05, 0.1) is 6.61 Å². The Hall–Kier alpha value is -0.880. The van der Waals surface area contributed by atoms with Crippen LogP contribution in [0.25, 0.3) is 0 Å². The molecule has 0 amide bonds. The molecule has 1 aromatic carbocycles. The molecular weight excluding hydrogens is 275 g/mol. The summed E-state index contributed by atoms with van der Waals surface area (Å²) in [7, 11) is 0. The van der Waals surface area contributed by atoms with E-state index in [2.05, 4.69) is 0 Å². The lowest BCUT2D eigenvalue weighted by atomic mass is 9.88. The van der Waals surface area contributed by atoms with E-state index in [1.165, 1.54) is 5.56 Å². The average Bonchev–Trinajstić information content (AvgIpc) is 2.34. The van der Waals surface area contributed by atoms with E-state index < -0.39 is 5.51 Å². The van der Waals surface area contributed by atoms with Crippen LogP contribution in [0, 0.1) is 0 Å². The molecule has 0 aromatic heterocycles. The highest BCUT2D eigenvalue weighted by atomic mass is 32.2. The van der Waals surface area contributed by atoms with Gasteiger partial charge in [0.15, 0.2) is 0 Å². The van der Waals surface area contributed by atoms with Crippen LogP contribution < -0.4 is 10.5 Å². The molecule has 0 bridgehead atoms. The van der Waals surface area contributed by atoms with E-state index in [4.69, 9.17) is 10.5 Å². The van der Waals surface area contributed by atoms with Gasteiger partial charge in [0, 0.05) is 11.8 Å². The fourth-order valence-corrected chi connectivity index (χ4v) is 2.62. The molecule has 1 aromatic rings. The van der Waals surface area contributed by atoms with Crippen LogP contribution in [0.4, 0.5) is 13.2 Å².